The number of benzene rings is 1. The highest BCUT2D eigenvalue weighted by Gasteiger charge is 2.19. The Bertz CT molecular complexity index is 679. The van der Waals surface area contributed by atoms with Gasteiger partial charge in [0.15, 0.2) is 9.84 Å². The minimum atomic E-state index is -3.32. The standard InChI is InChI=1S/C15H19NO3S2/c1-3-16-10-12-6-7-14(19-2)13(9-12)11-21(17,18)15-5-4-8-20-15/h4-9,16H,3,10-11H2,1-2H3. The smallest absolute Gasteiger partial charge is 0.192 e. The zero-order valence-corrected chi connectivity index (χ0v) is 13.8. The molecule has 0 spiro atoms. The molecule has 1 N–H and O–H groups in total. The molecule has 0 atom stereocenters. The molecular weight excluding hydrogens is 306 g/mol. The van der Waals surface area contributed by atoms with Crippen molar-refractivity contribution >= 4 is 21.2 Å². The Kier molecular flexibility index (Phi) is 5.39. The number of hydrogen-bond acceptors (Lipinski definition) is 5. The van der Waals surface area contributed by atoms with E-state index in [4.69, 9.17) is 4.74 Å². The van der Waals surface area contributed by atoms with E-state index in [-0.39, 0.29) is 5.75 Å². The van der Waals surface area contributed by atoms with Gasteiger partial charge in [-0.05, 0) is 35.7 Å². The van der Waals surface area contributed by atoms with Crippen molar-refractivity contribution in [2.45, 2.75) is 23.4 Å². The van der Waals surface area contributed by atoms with Gasteiger partial charge in [-0.2, -0.15) is 0 Å². The van der Waals surface area contributed by atoms with Crippen LogP contribution < -0.4 is 10.1 Å². The average molecular weight is 325 g/mol. The summed E-state index contributed by atoms with van der Waals surface area (Å²) in [6.45, 7) is 3.62. The molecule has 2 rings (SSSR count). The third kappa shape index (κ3) is 4.06. The van der Waals surface area contributed by atoms with Crippen molar-refractivity contribution in [1.82, 2.24) is 5.32 Å². The Morgan fingerprint density at radius 1 is 1.29 bits per heavy atom. The SMILES string of the molecule is CCNCc1ccc(OC)c(CS(=O)(=O)c2cccs2)c1. The first-order valence-corrected chi connectivity index (χ1v) is 9.22. The van der Waals surface area contributed by atoms with Gasteiger partial charge in [-0.1, -0.05) is 19.1 Å². The van der Waals surface area contributed by atoms with Gasteiger partial charge in [0.2, 0.25) is 0 Å². The van der Waals surface area contributed by atoms with Crippen LogP contribution in [0.2, 0.25) is 0 Å². The first kappa shape index (κ1) is 16.0. The summed E-state index contributed by atoms with van der Waals surface area (Å²) in [5, 5.41) is 5.00. The predicted octanol–water partition coefficient (Wildman–Crippen LogP) is 2.84. The lowest BCUT2D eigenvalue weighted by Crippen LogP contribution is -2.12. The van der Waals surface area contributed by atoms with Crippen LogP contribution in [0.3, 0.4) is 0 Å². The summed E-state index contributed by atoms with van der Waals surface area (Å²) in [5.41, 5.74) is 1.75. The van der Waals surface area contributed by atoms with Crippen molar-refractivity contribution in [3.8, 4) is 5.75 Å². The number of sulfone groups is 1. The molecule has 0 amide bonds. The Hall–Kier alpha value is -1.37. The maximum Gasteiger partial charge on any atom is 0.192 e. The van der Waals surface area contributed by atoms with Crippen molar-refractivity contribution in [2.24, 2.45) is 0 Å². The summed E-state index contributed by atoms with van der Waals surface area (Å²) in [7, 11) is -1.77. The van der Waals surface area contributed by atoms with E-state index in [1.807, 2.05) is 25.1 Å². The summed E-state index contributed by atoms with van der Waals surface area (Å²) in [5.74, 6) is 0.562. The molecule has 21 heavy (non-hydrogen) atoms. The lowest BCUT2D eigenvalue weighted by molar-refractivity contribution is 0.410. The Balaban J connectivity index is 2.29. The number of methoxy groups -OCH3 is 1. The van der Waals surface area contributed by atoms with Crippen LogP contribution >= 0.6 is 11.3 Å². The summed E-state index contributed by atoms with van der Waals surface area (Å²) in [6, 6.07) is 9.05. The molecule has 114 valence electrons. The molecule has 0 aliphatic carbocycles. The van der Waals surface area contributed by atoms with E-state index >= 15 is 0 Å². The van der Waals surface area contributed by atoms with Crippen LogP contribution in [-0.4, -0.2) is 22.1 Å². The zero-order valence-electron chi connectivity index (χ0n) is 12.1. The van der Waals surface area contributed by atoms with Crippen LogP contribution in [0.25, 0.3) is 0 Å². The van der Waals surface area contributed by atoms with E-state index in [2.05, 4.69) is 5.32 Å². The van der Waals surface area contributed by atoms with Crippen LogP contribution in [-0.2, 0) is 22.1 Å². The predicted molar refractivity (Wildman–Crippen MR) is 85.6 cm³/mol. The monoisotopic (exact) mass is 325 g/mol. The van der Waals surface area contributed by atoms with Crippen molar-refractivity contribution in [1.29, 1.82) is 0 Å². The molecule has 0 bridgehead atoms. The molecule has 0 aliphatic heterocycles. The normalized spacial score (nSPS) is 11.5. The van der Waals surface area contributed by atoms with Crippen molar-refractivity contribution in [2.75, 3.05) is 13.7 Å². The minimum Gasteiger partial charge on any atom is -0.496 e. The fourth-order valence-corrected chi connectivity index (χ4v) is 4.48. The molecule has 6 heteroatoms. The molecule has 0 unspecified atom stereocenters. The van der Waals surface area contributed by atoms with Gasteiger partial charge in [0.05, 0.1) is 12.9 Å². The Morgan fingerprint density at radius 2 is 2.10 bits per heavy atom. The maximum atomic E-state index is 12.4. The first-order chi connectivity index (χ1) is 10.1. The molecule has 0 aliphatic rings. The lowest BCUT2D eigenvalue weighted by atomic mass is 10.1. The van der Waals surface area contributed by atoms with E-state index in [0.717, 1.165) is 12.1 Å². The quantitative estimate of drug-likeness (QED) is 0.850. The van der Waals surface area contributed by atoms with Gasteiger partial charge in [0.25, 0.3) is 0 Å². The summed E-state index contributed by atoms with van der Waals surface area (Å²) < 4.78 is 30.5. The molecular formula is C15H19NO3S2. The van der Waals surface area contributed by atoms with Gasteiger partial charge in [0, 0.05) is 12.1 Å². The summed E-state index contributed by atoms with van der Waals surface area (Å²) in [4.78, 5) is 0. The van der Waals surface area contributed by atoms with Gasteiger partial charge in [-0.25, -0.2) is 8.42 Å². The van der Waals surface area contributed by atoms with Gasteiger partial charge in [-0.15, -0.1) is 11.3 Å². The first-order valence-electron chi connectivity index (χ1n) is 6.69. The van der Waals surface area contributed by atoms with E-state index < -0.39 is 9.84 Å². The number of nitrogens with one attached hydrogen (secondary N) is 1. The lowest BCUT2D eigenvalue weighted by Gasteiger charge is -2.11. The van der Waals surface area contributed by atoms with E-state index in [0.29, 0.717) is 22.1 Å². The largest absolute Gasteiger partial charge is 0.496 e. The van der Waals surface area contributed by atoms with Gasteiger partial charge >= 0.3 is 0 Å². The number of thiophene rings is 1. The highest BCUT2D eigenvalue weighted by atomic mass is 32.2. The van der Waals surface area contributed by atoms with E-state index in [9.17, 15) is 8.42 Å². The number of hydrogen-bond donors (Lipinski definition) is 1. The molecule has 2 aromatic rings. The molecule has 1 aromatic carbocycles. The topological polar surface area (TPSA) is 55.4 Å². The molecule has 1 aromatic heterocycles. The van der Waals surface area contributed by atoms with Crippen LogP contribution in [0.15, 0.2) is 39.9 Å². The highest BCUT2D eigenvalue weighted by Crippen LogP contribution is 2.27. The maximum absolute atomic E-state index is 12.4. The van der Waals surface area contributed by atoms with Crippen LogP contribution in [0.4, 0.5) is 0 Å². The van der Waals surface area contributed by atoms with Crippen molar-refractivity contribution < 1.29 is 13.2 Å². The second-order valence-corrected chi connectivity index (χ2v) is 7.78. The second-order valence-electron chi connectivity index (χ2n) is 4.62. The van der Waals surface area contributed by atoms with Gasteiger partial charge in [-0.3, -0.25) is 0 Å². The number of rotatable bonds is 7. The second kappa shape index (κ2) is 7.06. The van der Waals surface area contributed by atoms with Gasteiger partial charge < -0.3 is 10.1 Å². The molecule has 1 heterocycles. The van der Waals surface area contributed by atoms with Crippen LogP contribution in [0, 0.1) is 0 Å². The third-order valence-electron chi connectivity index (χ3n) is 3.07. The Morgan fingerprint density at radius 3 is 2.71 bits per heavy atom. The summed E-state index contributed by atoms with van der Waals surface area (Å²) >= 11 is 1.24. The molecule has 0 fully saturated rings. The third-order valence-corrected chi connectivity index (χ3v) is 6.22. The fraction of sp³-hybridized carbons (Fsp3) is 0.333. The summed E-state index contributed by atoms with van der Waals surface area (Å²) in [6.07, 6.45) is 0. The average Bonchev–Trinajstić information content (AvgIpc) is 3.00. The van der Waals surface area contributed by atoms with E-state index in [1.54, 1.807) is 24.6 Å². The van der Waals surface area contributed by atoms with Crippen molar-refractivity contribution in [3.63, 3.8) is 0 Å². The van der Waals surface area contributed by atoms with Crippen LogP contribution in [0.5, 0.6) is 5.75 Å². The molecule has 0 radical (unpaired) electrons. The van der Waals surface area contributed by atoms with E-state index in [1.165, 1.54) is 11.3 Å². The fourth-order valence-electron chi connectivity index (χ4n) is 2.04. The van der Waals surface area contributed by atoms with Crippen LogP contribution in [0.1, 0.15) is 18.1 Å². The van der Waals surface area contributed by atoms with Crippen molar-refractivity contribution in [3.05, 3.63) is 46.8 Å². The molecule has 4 nitrogen and oxygen atoms in total. The minimum absolute atomic E-state index is 0.0450. The number of ether oxygens (including phenoxy) is 1. The highest BCUT2D eigenvalue weighted by molar-refractivity contribution is 7.92. The molecule has 0 saturated heterocycles. The zero-order chi connectivity index (χ0) is 15.3. The van der Waals surface area contributed by atoms with Gasteiger partial charge in [0.1, 0.15) is 9.96 Å². The molecule has 0 saturated carbocycles. The Labute approximate surface area is 129 Å².